The molecule has 0 spiro atoms. The lowest BCUT2D eigenvalue weighted by molar-refractivity contribution is 0.230. The van der Waals surface area contributed by atoms with Gasteiger partial charge in [0.25, 0.3) is 0 Å². The summed E-state index contributed by atoms with van der Waals surface area (Å²) >= 11 is 0. The van der Waals surface area contributed by atoms with Gasteiger partial charge in [-0.2, -0.15) is 5.26 Å². The van der Waals surface area contributed by atoms with Gasteiger partial charge in [-0.25, -0.2) is 4.98 Å². The molecule has 4 nitrogen and oxygen atoms in total. The van der Waals surface area contributed by atoms with Gasteiger partial charge in [0.15, 0.2) is 5.82 Å². The third-order valence-electron chi connectivity index (χ3n) is 4.17. The summed E-state index contributed by atoms with van der Waals surface area (Å²) in [7, 11) is 0. The Morgan fingerprint density at radius 2 is 2.06 bits per heavy atom. The molecule has 2 atom stereocenters. The molecule has 94 valence electrons. The molecule has 1 aromatic heterocycles. The molecule has 3 rings (SSSR count). The third-order valence-corrected chi connectivity index (χ3v) is 4.17. The highest BCUT2D eigenvalue weighted by Crippen LogP contribution is 2.37. The number of anilines is 2. The molecule has 2 bridgehead atoms. The van der Waals surface area contributed by atoms with Gasteiger partial charge in [-0.15, -0.1) is 0 Å². The maximum absolute atomic E-state index is 8.84. The molecule has 18 heavy (non-hydrogen) atoms. The van der Waals surface area contributed by atoms with Crippen LogP contribution in [0, 0.1) is 23.2 Å². The van der Waals surface area contributed by atoms with Crippen LogP contribution >= 0.6 is 0 Å². The Balaban J connectivity index is 1.84. The van der Waals surface area contributed by atoms with Crippen LogP contribution in [0.25, 0.3) is 0 Å². The minimum absolute atomic E-state index is 0.536. The molecule has 2 N–H and O–H groups in total. The van der Waals surface area contributed by atoms with Crippen molar-refractivity contribution >= 4 is 11.5 Å². The van der Waals surface area contributed by atoms with E-state index in [9.17, 15) is 0 Å². The van der Waals surface area contributed by atoms with Crippen molar-refractivity contribution in [1.82, 2.24) is 4.98 Å². The van der Waals surface area contributed by atoms with Crippen molar-refractivity contribution in [2.24, 2.45) is 11.8 Å². The lowest BCUT2D eigenvalue weighted by Crippen LogP contribution is -2.43. The van der Waals surface area contributed by atoms with Crippen LogP contribution in [0.5, 0.6) is 0 Å². The number of nitrogens with zero attached hydrogens (tertiary/aromatic N) is 3. The molecule has 2 fully saturated rings. The lowest BCUT2D eigenvalue weighted by atomic mass is 9.78. The van der Waals surface area contributed by atoms with Crippen molar-refractivity contribution in [2.75, 3.05) is 23.7 Å². The average Bonchev–Trinajstić information content (AvgIpc) is 2.38. The first-order chi connectivity index (χ1) is 8.76. The lowest BCUT2D eigenvalue weighted by Gasteiger charge is -2.42. The number of pyridine rings is 1. The second kappa shape index (κ2) is 4.49. The summed E-state index contributed by atoms with van der Waals surface area (Å²) in [6.07, 6.45) is 7.04. The number of hydrogen-bond donors (Lipinski definition) is 1. The molecule has 1 aliphatic heterocycles. The summed E-state index contributed by atoms with van der Waals surface area (Å²) in [6, 6.07) is 3.81. The average molecular weight is 242 g/mol. The van der Waals surface area contributed by atoms with Crippen LogP contribution in [0.2, 0.25) is 0 Å². The summed E-state index contributed by atoms with van der Waals surface area (Å²) in [5, 5.41) is 8.84. The summed E-state index contributed by atoms with van der Waals surface area (Å²) in [5.41, 5.74) is 7.19. The molecule has 0 aromatic carbocycles. The predicted octanol–water partition coefficient (Wildman–Crippen LogP) is 2.16. The van der Waals surface area contributed by atoms with Gasteiger partial charge >= 0.3 is 0 Å². The Labute approximate surface area is 107 Å². The molecule has 1 saturated heterocycles. The molecular weight excluding hydrogens is 224 g/mol. The van der Waals surface area contributed by atoms with Gasteiger partial charge in [-0.3, -0.25) is 0 Å². The minimum Gasteiger partial charge on any atom is -0.396 e. The monoisotopic (exact) mass is 242 g/mol. The van der Waals surface area contributed by atoms with Gasteiger partial charge in [0.05, 0.1) is 11.3 Å². The molecule has 0 radical (unpaired) electrons. The number of rotatable bonds is 1. The highest BCUT2D eigenvalue weighted by Gasteiger charge is 2.31. The summed E-state index contributed by atoms with van der Waals surface area (Å²) in [5.74, 6) is 2.47. The van der Waals surface area contributed by atoms with Crippen molar-refractivity contribution in [3.63, 3.8) is 0 Å². The first-order valence-corrected chi connectivity index (χ1v) is 6.67. The highest BCUT2D eigenvalue weighted by atomic mass is 15.2. The third kappa shape index (κ3) is 2.01. The van der Waals surface area contributed by atoms with Crippen LogP contribution in [0.15, 0.2) is 12.3 Å². The maximum atomic E-state index is 8.84. The smallest absolute Gasteiger partial charge is 0.151 e. The molecule has 4 heteroatoms. The van der Waals surface area contributed by atoms with Crippen LogP contribution in [-0.2, 0) is 0 Å². The second-order valence-electron chi connectivity index (χ2n) is 5.55. The van der Waals surface area contributed by atoms with Crippen molar-refractivity contribution in [3.8, 4) is 6.07 Å². The molecule has 2 aliphatic rings. The number of aromatic nitrogens is 1. The Morgan fingerprint density at radius 3 is 2.67 bits per heavy atom. The van der Waals surface area contributed by atoms with E-state index in [0.29, 0.717) is 11.3 Å². The predicted molar refractivity (Wildman–Crippen MR) is 71.0 cm³/mol. The first kappa shape index (κ1) is 11.3. The minimum atomic E-state index is 0.536. The Kier molecular flexibility index (Phi) is 2.83. The van der Waals surface area contributed by atoms with E-state index in [1.54, 1.807) is 12.3 Å². The normalized spacial score (nSPS) is 26.7. The van der Waals surface area contributed by atoms with E-state index < -0.39 is 0 Å². The van der Waals surface area contributed by atoms with Crippen LogP contribution in [0.3, 0.4) is 0 Å². The fourth-order valence-electron chi connectivity index (χ4n) is 3.40. The van der Waals surface area contributed by atoms with E-state index in [-0.39, 0.29) is 0 Å². The summed E-state index contributed by atoms with van der Waals surface area (Å²) in [4.78, 5) is 6.69. The number of nitriles is 1. The number of nitrogen functional groups attached to an aromatic ring is 1. The van der Waals surface area contributed by atoms with Crippen molar-refractivity contribution in [2.45, 2.75) is 25.7 Å². The molecular formula is C14H18N4. The fourth-order valence-corrected chi connectivity index (χ4v) is 3.40. The summed E-state index contributed by atoms with van der Waals surface area (Å²) in [6.45, 7) is 2.14. The van der Waals surface area contributed by atoms with Crippen molar-refractivity contribution < 1.29 is 0 Å². The van der Waals surface area contributed by atoms with Crippen LogP contribution < -0.4 is 10.6 Å². The van der Waals surface area contributed by atoms with E-state index in [1.165, 1.54) is 25.7 Å². The summed E-state index contributed by atoms with van der Waals surface area (Å²) < 4.78 is 0. The number of piperidine rings is 1. The molecule has 1 saturated carbocycles. The zero-order valence-corrected chi connectivity index (χ0v) is 10.5. The molecule has 1 aliphatic carbocycles. The van der Waals surface area contributed by atoms with Gasteiger partial charge in [-0.1, -0.05) is 6.42 Å². The number of nitrogens with two attached hydrogens (primary N) is 1. The molecule has 1 aromatic rings. The van der Waals surface area contributed by atoms with Gasteiger partial charge in [0.1, 0.15) is 6.07 Å². The second-order valence-corrected chi connectivity index (χ2v) is 5.55. The topological polar surface area (TPSA) is 65.9 Å². The number of fused-ring (bicyclic) bond motifs is 2. The van der Waals surface area contributed by atoms with Crippen LogP contribution in [0.4, 0.5) is 11.5 Å². The largest absolute Gasteiger partial charge is 0.396 e. The first-order valence-electron chi connectivity index (χ1n) is 6.67. The van der Waals surface area contributed by atoms with Crippen molar-refractivity contribution in [3.05, 3.63) is 17.8 Å². The van der Waals surface area contributed by atoms with E-state index in [4.69, 9.17) is 11.0 Å². The van der Waals surface area contributed by atoms with Crippen molar-refractivity contribution in [1.29, 1.82) is 5.26 Å². The van der Waals surface area contributed by atoms with Gasteiger partial charge in [0, 0.05) is 19.3 Å². The maximum Gasteiger partial charge on any atom is 0.151 e. The van der Waals surface area contributed by atoms with Gasteiger partial charge in [0.2, 0.25) is 0 Å². The van der Waals surface area contributed by atoms with E-state index in [0.717, 1.165) is 30.7 Å². The SMILES string of the molecule is N#Cc1cnc(N2CC3CCCC(C3)C2)c(N)c1. The van der Waals surface area contributed by atoms with Crippen LogP contribution in [0.1, 0.15) is 31.2 Å². The van der Waals surface area contributed by atoms with Gasteiger partial charge in [-0.05, 0) is 37.2 Å². The Hall–Kier alpha value is -1.76. The van der Waals surface area contributed by atoms with E-state index >= 15 is 0 Å². The van der Waals surface area contributed by atoms with Crippen LogP contribution in [-0.4, -0.2) is 18.1 Å². The Bertz CT molecular complexity index is 479. The number of hydrogen-bond acceptors (Lipinski definition) is 4. The van der Waals surface area contributed by atoms with E-state index in [1.807, 2.05) is 0 Å². The fraction of sp³-hybridized carbons (Fsp3) is 0.571. The zero-order valence-electron chi connectivity index (χ0n) is 10.5. The van der Waals surface area contributed by atoms with Gasteiger partial charge < -0.3 is 10.6 Å². The zero-order chi connectivity index (χ0) is 12.5. The van der Waals surface area contributed by atoms with E-state index in [2.05, 4.69) is 16.0 Å². The molecule has 0 amide bonds. The standard InChI is InChI=1S/C14H18N4/c15-6-12-5-13(16)14(17-7-12)18-8-10-2-1-3-11(4-10)9-18/h5,7,10-11H,1-4,8-9,16H2. The Morgan fingerprint density at radius 1 is 1.33 bits per heavy atom. The molecule has 2 heterocycles. The highest BCUT2D eigenvalue weighted by molar-refractivity contribution is 5.64. The molecule has 2 unspecified atom stereocenters. The quantitative estimate of drug-likeness (QED) is 0.819.